The number of aliphatic hydroxyl groups is 1. The Morgan fingerprint density at radius 3 is 2.37 bits per heavy atom. The van der Waals surface area contributed by atoms with Crippen molar-refractivity contribution in [2.75, 3.05) is 31.8 Å². The fraction of sp³-hybridized carbons (Fsp3) is 0.531. The predicted molar refractivity (Wildman–Crippen MR) is 162 cm³/mol. The number of anilines is 2. The van der Waals surface area contributed by atoms with Crippen molar-refractivity contribution < 1.29 is 27.8 Å². The summed E-state index contributed by atoms with van der Waals surface area (Å²) in [4.78, 5) is 23.9. The summed E-state index contributed by atoms with van der Waals surface area (Å²) in [6.45, 7) is 8.63. The van der Waals surface area contributed by atoms with Crippen LogP contribution in [0.2, 0.25) is 0 Å². The molecule has 2 aromatic carbocycles. The predicted octanol–water partition coefficient (Wildman–Crippen LogP) is 6.53. The van der Waals surface area contributed by atoms with Crippen molar-refractivity contribution in [3.63, 3.8) is 0 Å². The lowest BCUT2D eigenvalue weighted by molar-refractivity contribution is -0.138. The minimum atomic E-state index is -4.52. The number of fused-ring (bicyclic) bond motifs is 1. The number of nitrogen functional groups attached to an aromatic ring is 1. The van der Waals surface area contributed by atoms with Crippen molar-refractivity contribution in [3.8, 4) is 5.75 Å². The summed E-state index contributed by atoms with van der Waals surface area (Å²) in [6.07, 6.45) is -1.54. The number of methoxy groups -OCH3 is 1. The summed E-state index contributed by atoms with van der Waals surface area (Å²) in [6, 6.07) is 5.86. The molecule has 1 fully saturated rings. The lowest BCUT2D eigenvalue weighted by Gasteiger charge is -2.33. The average molecular weight is 602 g/mol. The van der Waals surface area contributed by atoms with Gasteiger partial charge in [0.1, 0.15) is 17.4 Å². The second-order valence-corrected chi connectivity index (χ2v) is 12.4. The zero-order chi connectivity index (χ0) is 31.9. The van der Waals surface area contributed by atoms with E-state index in [0.717, 1.165) is 29.9 Å². The molecule has 1 atom stereocenters. The van der Waals surface area contributed by atoms with Crippen LogP contribution in [-0.4, -0.2) is 52.2 Å². The van der Waals surface area contributed by atoms with Crippen molar-refractivity contribution in [1.82, 2.24) is 14.9 Å². The molecule has 4 rings (SSSR count). The van der Waals surface area contributed by atoms with E-state index in [1.54, 1.807) is 52.8 Å². The number of carbonyl (C=O) groups excluding carboxylic acids is 1. The number of rotatable bonds is 8. The molecule has 0 radical (unpaired) electrons. The van der Waals surface area contributed by atoms with Gasteiger partial charge in [0.2, 0.25) is 5.91 Å². The third-order valence-corrected chi connectivity index (χ3v) is 8.27. The van der Waals surface area contributed by atoms with Gasteiger partial charge < -0.3 is 25.8 Å². The molecule has 0 unspecified atom stereocenters. The molecule has 1 aliphatic carbocycles. The molecule has 1 heterocycles. The van der Waals surface area contributed by atoms with Crippen LogP contribution >= 0.6 is 0 Å². The monoisotopic (exact) mass is 601 g/mol. The van der Waals surface area contributed by atoms with Gasteiger partial charge in [-0.15, -0.1) is 0 Å². The zero-order valence-corrected chi connectivity index (χ0v) is 25.9. The molecule has 0 saturated heterocycles. The van der Waals surface area contributed by atoms with E-state index in [2.05, 4.69) is 15.3 Å². The van der Waals surface area contributed by atoms with Crippen molar-refractivity contribution >= 4 is 28.3 Å². The number of ether oxygens (including phenoxy) is 1. The van der Waals surface area contributed by atoms with Gasteiger partial charge in [0.05, 0.1) is 29.8 Å². The summed E-state index contributed by atoms with van der Waals surface area (Å²) in [5, 5.41) is 14.2. The van der Waals surface area contributed by atoms with Crippen LogP contribution in [0.1, 0.15) is 86.5 Å². The first kappa shape index (κ1) is 32.3. The first-order chi connectivity index (χ1) is 20.0. The highest BCUT2D eigenvalue weighted by atomic mass is 19.4. The highest BCUT2D eigenvalue weighted by molar-refractivity contribution is 5.91. The quantitative estimate of drug-likeness (QED) is 0.252. The van der Waals surface area contributed by atoms with Gasteiger partial charge in [-0.2, -0.15) is 13.2 Å². The Morgan fingerprint density at radius 1 is 1.14 bits per heavy atom. The van der Waals surface area contributed by atoms with Gasteiger partial charge in [0.25, 0.3) is 0 Å². The highest BCUT2D eigenvalue weighted by Gasteiger charge is 2.35. The normalized spacial score (nSPS) is 18.4. The molecule has 3 aromatic rings. The van der Waals surface area contributed by atoms with Gasteiger partial charge in [0, 0.05) is 36.7 Å². The van der Waals surface area contributed by atoms with Gasteiger partial charge in [-0.3, -0.25) is 4.79 Å². The van der Waals surface area contributed by atoms with Crippen LogP contribution in [0, 0.1) is 19.8 Å². The Bertz CT molecular complexity index is 1490. The minimum absolute atomic E-state index is 0.0395. The van der Waals surface area contributed by atoms with E-state index >= 15 is 0 Å². The minimum Gasteiger partial charge on any atom is -0.496 e. The molecule has 0 aliphatic heterocycles. The Balaban J connectivity index is 1.63. The number of nitrogens with two attached hydrogens (primary N) is 1. The number of halogens is 3. The molecule has 43 heavy (non-hydrogen) atoms. The summed E-state index contributed by atoms with van der Waals surface area (Å²) >= 11 is 0. The van der Waals surface area contributed by atoms with Gasteiger partial charge >= 0.3 is 6.18 Å². The maximum atomic E-state index is 13.7. The number of alkyl halides is 3. The van der Waals surface area contributed by atoms with Crippen molar-refractivity contribution in [3.05, 3.63) is 52.3 Å². The molecule has 11 heteroatoms. The second kappa shape index (κ2) is 12.2. The summed E-state index contributed by atoms with van der Waals surface area (Å²) in [5.41, 5.74) is 6.37. The van der Waals surface area contributed by atoms with E-state index in [0.29, 0.717) is 41.3 Å². The van der Waals surface area contributed by atoms with Crippen molar-refractivity contribution in [2.24, 2.45) is 5.92 Å². The number of hydrogen-bond acceptors (Lipinski definition) is 7. The van der Waals surface area contributed by atoms with Crippen LogP contribution < -0.4 is 15.8 Å². The number of carbonyl (C=O) groups is 1. The molecular formula is C32H42F3N5O3. The first-order valence-electron chi connectivity index (χ1n) is 14.6. The van der Waals surface area contributed by atoms with Gasteiger partial charge in [-0.05, 0) is 101 Å². The number of amides is 1. The topological polar surface area (TPSA) is 114 Å². The number of nitrogens with zero attached hydrogens (tertiary/aromatic N) is 3. The summed E-state index contributed by atoms with van der Waals surface area (Å²) in [5.74, 6) is 1.78. The molecule has 1 aromatic heterocycles. The molecule has 1 amide bonds. The Kier molecular flexibility index (Phi) is 9.16. The number of aryl methyl sites for hydroxylation is 1. The third kappa shape index (κ3) is 7.31. The van der Waals surface area contributed by atoms with Crippen LogP contribution in [-0.2, 0) is 11.0 Å². The van der Waals surface area contributed by atoms with E-state index in [1.807, 2.05) is 12.1 Å². The maximum absolute atomic E-state index is 13.7. The van der Waals surface area contributed by atoms with Gasteiger partial charge in [-0.25, -0.2) is 9.97 Å². The molecule has 0 spiro atoms. The molecule has 234 valence electrons. The Labute approximate surface area is 250 Å². The second-order valence-electron chi connectivity index (χ2n) is 12.4. The summed E-state index contributed by atoms with van der Waals surface area (Å²) in [7, 11) is 3.34. The largest absolute Gasteiger partial charge is 0.496 e. The zero-order valence-electron chi connectivity index (χ0n) is 25.9. The molecule has 4 N–H and O–H groups in total. The number of benzene rings is 2. The van der Waals surface area contributed by atoms with Crippen LogP contribution in [0.4, 0.5) is 24.7 Å². The van der Waals surface area contributed by atoms with E-state index in [-0.39, 0.29) is 35.5 Å². The lowest BCUT2D eigenvalue weighted by Crippen LogP contribution is -2.43. The van der Waals surface area contributed by atoms with Gasteiger partial charge in [-0.1, -0.05) is 0 Å². The standard InChI is InChI=1S/C32H42F3N5O3/c1-17-23(12-22(36)13-26(17)32(33,34)35)18(2)37-29-25-14-24(28(43-7)15-27(25)38-19(3)39-29)20-8-10-21(11-9-20)30(41)40(6)16-31(4,5)42/h12-15,18,20-21,42H,8-11,16,36H2,1-7H3,(H,37,38,39)/t18-,20?,21?/m1/s1. The van der Waals surface area contributed by atoms with Gasteiger partial charge in [0.15, 0.2) is 0 Å². The fourth-order valence-electron chi connectivity index (χ4n) is 6.30. The number of aromatic nitrogens is 2. The average Bonchev–Trinajstić information content (AvgIpc) is 2.91. The molecule has 1 aliphatic rings. The Morgan fingerprint density at radius 2 is 1.79 bits per heavy atom. The lowest BCUT2D eigenvalue weighted by atomic mass is 9.77. The van der Waals surface area contributed by atoms with Crippen LogP contribution in [0.25, 0.3) is 10.9 Å². The van der Waals surface area contributed by atoms with E-state index in [4.69, 9.17) is 10.5 Å². The smallest absolute Gasteiger partial charge is 0.416 e. The molecule has 1 saturated carbocycles. The number of nitrogens with one attached hydrogen (secondary N) is 1. The van der Waals surface area contributed by atoms with Crippen LogP contribution in [0.5, 0.6) is 5.75 Å². The Hall–Kier alpha value is -3.60. The van der Waals surface area contributed by atoms with Crippen LogP contribution in [0.3, 0.4) is 0 Å². The molecule has 0 bridgehead atoms. The summed E-state index contributed by atoms with van der Waals surface area (Å²) < 4.78 is 46.8. The SMILES string of the molecule is COc1cc2nc(C)nc(N[C@H](C)c3cc(N)cc(C(F)(F)F)c3C)c2cc1C1CCC(C(=O)N(C)CC(C)(C)O)CC1. The third-order valence-electron chi connectivity index (χ3n) is 8.27. The number of likely N-dealkylation sites (N-methyl/N-ethyl adjacent to an activating group) is 1. The van der Waals surface area contributed by atoms with Crippen molar-refractivity contribution in [1.29, 1.82) is 0 Å². The van der Waals surface area contributed by atoms with E-state index in [9.17, 15) is 23.1 Å². The van der Waals surface area contributed by atoms with Crippen molar-refractivity contribution in [2.45, 2.75) is 84.0 Å². The fourth-order valence-corrected chi connectivity index (χ4v) is 6.30. The molecular weight excluding hydrogens is 559 g/mol. The van der Waals surface area contributed by atoms with Crippen LogP contribution in [0.15, 0.2) is 24.3 Å². The molecule has 8 nitrogen and oxygen atoms in total. The first-order valence-corrected chi connectivity index (χ1v) is 14.6. The number of hydrogen-bond donors (Lipinski definition) is 3. The van der Waals surface area contributed by atoms with E-state index < -0.39 is 23.4 Å². The highest BCUT2D eigenvalue weighted by Crippen LogP contribution is 2.43. The maximum Gasteiger partial charge on any atom is 0.416 e. The van der Waals surface area contributed by atoms with E-state index in [1.165, 1.54) is 6.92 Å².